The Hall–Kier alpha value is -0.710. The average Bonchev–Trinajstić information content (AvgIpc) is 2.75. The molecule has 1 saturated carbocycles. The molecule has 1 aliphatic rings. The fourth-order valence-electron chi connectivity index (χ4n) is 2.48. The van der Waals surface area contributed by atoms with Crippen LogP contribution in [0.1, 0.15) is 29.2 Å². The van der Waals surface area contributed by atoms with Crippen molar-refractivity contribution in [3.63, 3.8) is 0 Å². The molecule has 3 rings (SSSR count). The molecule has 100 valence electrons. The summed E-state index contributed by atoms with van der Waals surface area (Å²) in [4.78, 5) is 1.36. The molecular formula is C15H15BrFNS. The van der Waals surface area contributed by atoms with E-state index in [0.717, 1.165) is 19.4 Å². The van der Waals surface area contributed by atoms with Crippen molar-refractivity contribution in [2.24, 2.45) is 0 Å². The number of nitrogens with one attached hydrogen (secondary N) is 1. The van der Waals surface area contributed by atoms with Crippen molar-refractivity contribution < 1.29 is 4.39 Å². The molecule has 0 atom stereocenters. The molecule has 0 unspecified atom stereocenters. The van der Waals surface area contributed by atoms with Gasteiger partial charge in [-0.25, -0.2) is 4.39 Å². The summed E-state index contributed by atoms with van der Waals surface area (Å²) in [5.41, 5.74) is 1.26. The van der Waals surface area contributed by atoms with Crippen LogP contribution in [0.15, 0.2) is 40.2 Å². The quantitative estimate of drug-likeness (QED) is 0.852. The molecule has 1 heterocycles. The van der Waals surface area contributed by atoms with Crippen molar-refractivity contribution in [3.8, 4) is 0 Å². The van der Waals surface area contributed by atoms with Gasteiger partial charge in [0.1, 0.15) is 5.82 Å². The van der Waals surface area contributed by atoms with Crippen molar-refractivity contribution >= 4 is 27.3 Å². The van der Waals surface area contributed by atoms with E-state index in [4.69, 9.17) is 0 Å². The Morgan fingerprint density at radius 2 is 1.89 bits per heavy atom. The van der Waals surface area contributed by atoms with Crippen LogP contribution in [0.2, 0.25) is 0 Å². The lowest BCUT2D eigenvalue weighted by Gasteiger charge is -2.36. The number of rotatable bonds is 4. The van der Waals surface area contributed by atoms with Gasteiger partial charge in [0.15, 0.2) is 0 Å². The summed E-state index contributed by atoms with van der Waals surface area (Å²) in [5, 5.41) is 3.58. The Morgan fingerprint density at radius 1 is 1.16 bits per heavy atom. The second-order valence-electron chi connectivity index (χ2n) is 5.00. The predicted octanol–water partition coefficient (Wildman–Crippen LogP) is 4.69. The lowest BCUT2D eigenvalue weighted by molar-refractivity contribution is 0.290. The molecule has 0 saturated heterocycles. The summed E-state index contributed by atoms with van der Waals surface area (Å²) < 4.78 is 14.0. The van der Waals surface area contributed by atoms with Gasteiger partial charge in [-0.05, 0) is 64.5 Å². The van der Waals surface area contributed by atoms with E-state index in [0.29, 0.717) is 12.0 Å². The van der Waals surface area contributed by atoms with Crippen LogP contribution in [-0.4, -0.2) is 6.04 Å². The molecule has 0 radical (unpaired) electrons. The fraction of sp³-hybridized carbons (Fsp3) is 0.333. The Bertz CT molecular complexity index is 546. The average molecular weight is 340 g/mol. The summed E-state index contributed by atoms with van der Waals surface area (Å²) in [5.74, 6) is 0.439. The van der Waals surface area contributed by atoms with Gasteiger partial charge in [-0.2, -0.15) is 0 Å². The number of thiophene rings is 1. The Morgan fingerprint density at radius 3 is 2.53 bits per heavy atom. The molecule has 0 aliphatic heterocycles. The van der Waals surface area contributed by atoms with Gasteiger partial charge in [-0.3, -0.25) is 0 Å². The first-order chi connectivity index (χ1) is 9.20. The molecular weight excluding hydrogens is 325 g/mol. The highest BCUT2D eigenvalue weighted by atomic mass is 79.9. The largest absolute Gasteiger partial charge is 0.309 e. The standard InChI is InChI=1S/C15H15BrFNS/c16-15-6-5-14(19-15)9-18-13-7-11(8-13)10-1-3-12(17)4-2-10/h1-6,11,13,18H,7-9H2. The molecule has 1 aromatic carbocycles. The van der Waals surface area contributed by atoms with Gasteiger partial charge in [-0.15, -0.1) is 11.3 Å². The molecule has 0 spiro atoms. The Balaban J connectivity index is 1.46. The first kappa shape index (κ1) is 13.3. The molecule has 0 bridgehead atoms. The van der Waals surface area contributed by atoms with Crippen LogP contribution in [0, 0.1) is 5.82 Å². The Kier molecular flexibility index (Phi) is 4.01. The maximum atomic E-state index is 12.8. The van der Waals surface area contributed by atoms with Crippen LogP contribution >= 0.6 is 27.3 Å². The lowest BCUT2D eigenvalue weighted by atomic mass is 9.76. The van der Waals surface area contributed by atoms with E-state index in [9.17, 15) is 4.39 Å². The zero-order valence-electron chi connectivity index (χ0n) is 10.4. The molecule has 0 amide bonds. The van der Waals surface area contributed by atoms with Crippen LogP contribution < -0.4 is 5.32 Å². The molecule has 2 aromatic rings. The van der Waals surface area contributed by atoms with Crippen LogP contribution in [0.4, 0.5) is 4.39 Å². The number of hydrogen-bond donors (Lipinski definition) is 1. The van der Waals surface area contributed by atoms with E-state index in [1.807, 2.05) is 12.1 Å². The number of hydrogen-bond acceptors (Lipinski definition) is 2. The van der Waals surface area contributed by atoms with E-state index in [1.54, 1.807) is 23.5 Å². The van der Waals surface area contributed by atoms with Gasteiger partial charge in [0.25, 0.3) is 0 Å². The van der Waals surface area contributed by atoms with Crippen LogP contribution in [-0.2, 0) is 6.54 Å². The topological polar surface area (TPSA) is 12.0 Å². The zero-order valence-corrected chi connectivity index (χ0v) is 12.8. The second kappa shape index (κ2) is 5.73. The normalized spacial score (nSPS) is 22.2. The SMILES string of the molecule is Fc1ccc(C2CC(NCc3ccc(Br)s3)C2)cc1. The highest BCUT2D eigenvalue weighted by Crippen LogP contribution is 2.37. The minimum absolute atomic E-state index is 0.152. The third-order valence-corrected chi connectivity index (χ3v) is 5.30. The monoisotopic (exact) mass is 339 g/mol. The predicted molar refractivity (Wildman–Crippen MR) is 81.0 cm³/mol. The molecule has 1 N–H and O–H groups in total. The Labute approximate surface area is 125 Å². The van der Waals surface area contributed by atoms with Crippen molar-refractivity contribution in [2.45, 2.75) is 31.3 Å². The zero-order chi connectivity index (χ0) is 13.2. The van der Waals surface area contributed by atoms with Crippen LogP contribution in [0.5, 0.6) is 0 Å². The summed E-state index contributed by atoms with van der Waals surface area (Å²) in [6.45, 7) is 0.942. The third kappa shape index (κ3) is 3.25. The van der Waals surface area contributed by atoms with E-state index >= 15 is 0 Å². The van der Waals surface area contributed by atoms with E-state index in [-0.39, 0.29) is 5.82 Å². The van der Waals surface area contributed by atoms with Gasteiger partial charge < -0.3 is 5.32 Å². The van der Waals surface area contributed by atoms with Crippen molar-refractivity contribution in [1.29, 1.82) is 0 Å². The first-order valence-corrected chi connectivity index (χ1v) is 8.05. The second-order valence-corrected chi connectivity index (χ2v) is 7.55. The summed E-state index contributed by atoms with van der Waals surface area (Å²) in [6, 6.07) is 11.8. The molecule has 4 heteroatoms. The van der Waals surface area contributed by atoms with Gasteiger partial charge in [0.05, 0.1) is 3.79 Å². The fourth-order valence-corrected chi connectivity index (χ4v) is 3.92. The maximum absolute atomic E-state index is 12.8. The van der Waals surface area contributed by atoms with Crippen molar-refractivity contribution in [3.05, 3.63) is 56.4 Å². The number of benzene rings is 1. The molecule has 1 aromatic heterocycles. The summed E-state index contributed by atoms with van der Waals surface area (Å²) in [6.07, 6.45) is 2.30. The van der Waals surface area contributed by atoms with E-state index in [2.05, 4.69) is 33.4 Å². The van der Waals surface area contributed by atoms with Crippen molar-refractivity contribution in [2.75, 3.05) is 0 Å². The first-order valence-electron chi connectivity index (χ1n) is 6.44. The number of halogens is 2. The van der Waals surface area contributed by atoms with Gasteiger partial charge in [-0.1, -0.05) is 12.1 Å². The highest BCUT2D eigenvalue weighted by molar-refractivity contribution is 9.11. The van der Waals surface area contributed by atoms with E-state index < -0.39 is 0 Å². The van der Waals surface area contributed by atoms with Crippen LogP contribution in [0.3, 0.4) is 0 Å². The smallest absolute Gasteiger partial charge is 0.123 e. The summed E-state index contributed by atoms with van der Waals surface area (Å²) in [7, 11) is 0. The molecule has 1 fully saturated rings. The minimum atomic E-state index is -0.152. The molecule has 1 nitrogen and oxygen atoms in total. The summed E-state index contributed by atoms with van der Waals surface area (Å²) >= 11 is 5.25. The van der Waals surface area contributed by atoms with E-state index in [1.165, 1.54) is 14.2 Å². The van der Waals surface area contributed by atoms with Gasteiger partial charge in [0, 0.05) is 17.5 Å². The lowest BCUT2D eigenvalue weighted by Crippen LogP contribution is -2.39. The highest BCUT2D eigenvalue weighted by Gasteiger charge is 2.29. The molecule has 19 heavy (non-hydrogen) atoms. The van der Waals surface area contributed by atoms with Gasteiger partial charge >= 0.3 is 0 Å². The molecule has 1 aliphatic carbocycles. The van der Waals surface area contributed by atoms with Crippen LogP contribution in [0.25, 0.3) is 0 Å². The minimum Gasteiger partial charge on any atom is -0.309 e. The third-order valence-electron chi connectivity index (χ3n) is 3.67. The van der Waals surface area contributed by atoms with Gasteiger partial charge in [0.2, 0.25) is 0 Å². The maximum Gasteiger partial charge on any atom is 0.123 e. The van der Waals surface area contributed by atoms with Crippen molar-refractivity contribution in [1.82, 2.24) is 5.32 Å².